The number of para-hydroxylation sites is 1. The van der Waals surface area contributed by atoms with E-state index in [-0.39, 0.29) is 11.1 Å². The lowest BCUT2D eigenvalue weighted by molar-refractivity contribution is -0.384. The van der Waals surface area contributed by atoms with Gasteiger partial charge in [0.25, 0.3) is 5.69 Å². The number of hydrogen-bond acceptors (Lipinski definition) is 3. The largest absolute Gasteiger partial charge is 0.343 e. The van der Waals surface area contributed by atoms with Crippen LogP contribution in [0.3, 0.4) is 0 Å². The molecule has 5 heteroatoms. The first-order valence-electron chi connectivity index (χ1n) is 5.75. The van der Waals surface area contributed by atoms with E-state index in [1.165, 1.54) is 12.1 Å². The Balaban J connectivity index is 2.56. The predicted molar refractivity (Wildman–Crippen MR) is 73.3 cm³/mol. The van der Waals surface area contributed by atoms with Gasteiger partial charge in [-0.15, -0.1) is 0 Å². The van der Waals surface area contributed by atoms with Gasteiger partial charge in [0.1, 0.15) is 0 Å². The monoisotopic (exact) mass is 254 g/mol. The Morgan fingerprint density at radius 3 is 2.47 bits per heavy atom. The summed E-state index contributed by atoms with van der Waals surface area (Å²) in [5.74, 6) is 0. The van der Waals surface area contributed by atoms with Crippen LogP contribution >= 0.6 is 0 Å². The maximum atomic E-state index is 12.4. The number of rotatable bonds is 1. The molecule has 19 heavy (non-hydrogen) atoms. The molecular formula is C14H10N2O3. The van der Waals surface area contributed by atoms with Crippen LogP contribution in [0.2, 0.25) is 0 Å². The van der Waals surface area contributed by atoms with Gasteiger partial charge in [0.05, 0.1) is 21.3 Å². The normalized spacial score (nSPS) is 11.0. The summed E-state index contributed by atoms with van der Waals surface area (Å²) < 4.78 is 1.87. The van der Waals surface area contributed by atoms with Crippen molar-refractivity contribution in [3.8, 4) is 0 Å². The van der Waals surface area contributed by atoms with Crippen LogP contribution in [0.5, 0.6) is 0 Å². The number of aryl methyl sites for hydroxylation is 1. The standard InChI is InChI=1S/C14H10N2O3/c1-15-12-5-3-2-4-10(12)14(17)11-8-9(16(18)19)6-7-13(11)15/h2-8H,1H3. The molecule has 1 heterocycles. The fourth-order valence-electron chi connectivity index (χ4n) is 2.34. The third kappa shape index (κ3) is 1.59. The molecule has 0 unspecified atom stereocenters. The van der Waals surface area contributed by atoms with Crippen LogP contribution in [-0.4, -0.2) is 9.49 Å². The molecule has 0 saturated carbocycles. The quantitative estimate of drug-likeness (QED) is 0.381. The van der Waals surface area contributed by atoms with Gasteiger partial charge in [0.2, 0.25) is 0 Å². The van der Waals surface area contributed by atoms with Gasteiger partial charge in [-0.25, -0.2) is 0 Å². The van der Waals surface area contributed by atoms with E-state index in [2.05, 4.69) is 0 Å². The second kappa shape index (κ2) is 3.91. The maximum absolute atomic E-state index is 12.4. The van der Waals surface area contributed by atoms with Crippen molar-refractivity contribution in [1.82, 2.24) is 4.57 Å². The predicted octanol–water partition coefficient (Wildman–Crippen LogP) is 2.60. The summed E-state index contributed by atoms with van der Waals surface area (Å²) in [6, 6.07) is 11.6. The average molecular weight is 254 g/mol. The van der Waals surface area contributed by atoms with Gasteiger partial charge in [0.15, 0.2) is 5.43 Å². The van der Waals surface area contributed by atoms with E-state index < -0.39 is 4.92 Å². The number of nitro benzene ring substituents is 1. The summed E-state index contributed by atoms with van der Waals surface area (Å²) in [6.07, 6.45) is 0. The van der Waals surface area contributed by atoms with Crippen molar-refractivity contribution < 1.29 is 4.92 Å². The molecule has 0 spiro atoms. The Kier molecular flexibility index (Phi) is 2.35. The van der Waals surface area contributed by atoms with E-state index in [9.17, 15) is 14.9 Å². The first-order valence-corrected chi connectivity index (χ1v) is 5.75. The summed E-state index contributed by atoms with van der Waals surface area (Å²) in [4.78, 5) is 22.7. The molecule has 0 aliphatic rings. The minimum absolute atomic E-state index is 0.0696. The smallest absolute Gasteiger partial charge is 0.270 e. The number of fused-ring (bicyclic) bond motifs is 2. The van der Waals surface area contributed by atoms with Crippen LogP contribution in [-0.2, 0) is 7.05 Å². The van der Waals surface area contributed by atoms with Crippen molar-refractivity contribution in [3.05, 3.63) is 62.8 Å². The van der Waals surface area contributed by atoms with E-state index in [1.54, 1.807) is 18.2 Å². The second-order valence-corrected chi connectivity index (χ2v) is 4.36. The van der Waals surface area contributed by atoms with E-state index in [1.807, 2.05) is 23.7 Å². The average Bonchev–Trinajstić information content (AvgIpc) is 2.44. The number of pyridine rings is 1. The molecule has 0 atom stereocenters. The maximum Gasteiger partial charge on any atom is 0.270 e. The Bertz CT molecular complexity index is 881. The summed E-state index contributed by atoms with van der Waals surface area (Å²) in [6.45, 7) is 0. The van der Waals surface area contributed by atoms with Crippen LogP contribution in [0.15, 0.2) is 47.3 Å². The molecule has 3 rings (SSSR count). The molecule has 0 bridgehead atoms. The molecule has 94 valence electrons. The van der Waals surface area contributed by atoms with Gasteiger partial charge in [-0.05, 0) is 18.2 Å². The summed E-state index contributed by atoms with van der Waals surface area (Å²) in [5.41, 5.74) is 1.26. The zero-order valence-electron chi connectivity index (χ0n) is 10.2. The molecule has 2 aromatic carbocycles. The molecule has 0 aliphatic carbocycles. The molecule has 1 aromatic heterocycles. The molecule has 0 amide bonds. The Morgan fingerprint density at radius 2 is 1.74 bits per heavy atom. The number of aromatic nitrogens is 1. The van der Waals surface area contributed by atoms with Crippen LogP contribution in [0.25, 0.3) is 21.8 Å². The van der Waals surface area contributed by atoms with Gasteiger partial charge in [-0.1, -0.05) is 12.1 Å². The molecule has 0 N–H and O–H groups in total. The number of nitro groups is 1. The highest BCUT2D eigenvalue weighted by Crippen LogP contribution is 2.21. The van der Waals surface area contributed by atoms with E-state index in [0.717, 1.165) is 5.52 Å². The van der Waals surface area contributed by atoms with Crippen LogP contribution in [0, 0.1) is 10.1 Å². The number of nitrogens with zero attached hydrogens (tertiary/aromatic N) is 2. The van der Waals surface area contributed by atoms with Gasteiger partial charge in [0, 0.05) is 24.6 Å². The van der Waals surface area contributed by atoms with Crippen molar-refractivity contribution in [1.29, 1.82) is 0 Å². The first-order chi connectivity index (χ1) is 9.09. The highest BCUT2D eigenvalue weighted by Gasteiger charge is 2.12. The fraction of sp³-hybridized carbons (Fsp3) is 0.0714. The topological polar surface area (TPSA) is 65.1 Å². The third-order valence-corrected chi connectivity index (χ3v) is 3.31. The lowest BCUT2D eigenvalue weighted by Crippen LogP contribution is -2.09. The molecule has 0 radical (unpaired) electrons. The fourth-order valence-corrected chi connectivity index (χ4v) is 2.34. The van der Waals surface area contributed by atoms with Gasteiger partial charge < -0.3 is 4.57 Å². The van der Waals surface area contributed by atoms with Crippen molar-refractivity contribution in [2.75, 3.05) is 0 Å². The van der Waals surface area contributed by atoms with E-state index in [0.29, 0.717) is 16.3 Å². The minimum Gasteiger partial charge on any atom is -0.343 e. The van der Waals surface area contributed by atoms with Crippen molar-refractivity contribution >= 4 is 27.5 Å². The Hall–Kier alpha value is -2.69. The molecule has 3 aromatic rings. The number of benzene rings is 2. The molecular weight excluding hydrogens is 244 g/mol. The lowest BCUT2D eigenvalue weighted by Gasteiger charge is -2.09. The Labute approximate surface area is 107 Å². The van der Waals surface area contributed by atoms with Gasteiger partial charge >= 0.3 is 0 Å². The van der Waals surface area contributed by atoms with Crippen molar-refractivity contribution in [3.63, 3.8) is 0 Å². The number of hydrogen-bond donors (Lipinski definition) is 0. The zero-order valence-corrected chi connectivity index (χ0v) is 10.2. The van der Waals surface area contributed by atoms with Crippen LogP contribution in [0.4, 0.5) is 5.69 Å². The summed E-state index contributed by atoms with van der Waals surface area (Å²) in [5, 5.41) is 11.7. The van der Waals surface area contributed by atoms with E-state index in [4.69, 9.17) is 0 Å². The van der Waals surface area contributed by atoms with E-state index >= 15 is 0 Å². The Morgan fingerprint density at radius 1 is 1.05 bits per heavy atom. The molecule has 5 nitrogen and oxygen atoms in total. The summed E-state index contributed by atoms with van der Waals surface area (Å²) in [7, 11) is 1.84. The van der Waals surface area contributed by atoms with Crippen LogP contribution in [0.1, 0.15) is 0 Å². The molecule has 0 fully saturated rings. The minimum atomic E-state index is -0.492. The van der Waals surface area contributed by atoms with Gasteiger partial charge in [-0.3, -0.25) is 14.9 Å². The molecule has 0 aliphatic heterocycles. The second-order valence-electron chi connectivity index (χ2n) is 4.36. The highest BCUT2D eigenvalue weighted by atomic mass is 16.6. The van der Waals surface area contributed by atoms with Crippen LogP contribution < -0.4 is 5.43 Å². The highest BCUT2D eigenvalue weighted by molar-refractivity contribution is 5.94. The third-order valence-electron chi connectivity index (χ3n) is 3.31. The van der Waals surface area contributed by atoms with Crippen molar-refractivity contribution in [2.24, 2.45) is 7.05 Å². The summed E-state index contributed by atoms with van der Waals surface area (Å²) >= 11 is 0. The number of non-ortho nitro benzene ring substituents is 1. The van der Waals surface area contributed by atoms with Crippen molar-refractivity contribution in [2.45, 2.75) is 0 Å². The first kappa shape index (κ1) is 11.4. The van der Waals surface area contributed by atoms with Gasteiger partial charge in [-0.2, -0.15) is 0 Å². The zero-order chi connectivity index (χ0) is 13.6. The lowest BCUT2D eigenvalue weighted by atomic mass is 10.1. The SMILES string of the molecule is Cn1c2ccccc2c(=O)c2cc([N+](=O)[O-])ccc21. The molecule has 0 saturated heterocycles.